The standard InChI is InChI=1S/C19H13F4NO3/c1-26-17-10-18(25)24(11-16(17)12-2-4-13(20)5-3-12)14-6-8-15(9-7-14)27-19(21,22)23/h2-11H,1H3. The Kier molecular flexibility index (Phi) is 4.89. The van der Waals surface area contributed by atoms with E-state index < -0.39 is 23.5 Å². The summed E-state index contributed by atoms with van der Waals surface area (Å²) in [6, 6.07) is 11.7. The average Bonchev–Trinajstić information content (AvgIpc) is 2.62. The number of methoxy groups -OCH3 is 1. The average molecular weight is 379 g/mol. The van der Waals surface area contributed by atoms with E-state index in [1.807, 2.05) is 0 Å². The van der Waals surface area contributed by atoms with Crippen molar-refractivity contribution in [1.29, 1.82) is 0 Å². The number of hydrogen-bond acceptors (Lipinski definition) is 3. The molecule has 0 bridgehead atoms. The van der Waals surface area contributed by atoms with Crippen molar-refractivity contribution in [3.8, 4) is 28.3 Å². The van der Waals surface area contributed by atoms with Crippen LogP contribution in [0.1, 0.15) is 0 Å². The zero-order chi connectivity index (χ0) is 19.6. The van der Waals surface area contributed by atoms with Gasteiger partial charge in [0.1, 0.15) is 17.3 Å². The third-order valence-electron chi connectivity index (χ3n) is 3.74. The number of rotatable bonds is 4. The summed E-state index contributed by atoms with van der Waals surface area (Å²) in [5.41, 5.74) is 1.02. The highest BCUT2D eigenvalue weighted by molar-refractivity contribution is 5.70. The Morgan fingerprint density at radius 2 is 1.59 bits per heavy atom. The number of halogens is 4. The van der Waals surface area contributed by atoms with E-state index in [0.29, 0.717) is 22.6 Å². The zero-order valence-electron chi connectivity index (χ0n) is 14.0. The Balaban J connectivity index is 2.04. The number of alkyl halides is 3. The van der Waals surface area contributed by atoms with Crippen LogP contribution >= 0.6 is 0 Å². The van der Waals surface area contributed by atoms with Gasteiger partial charge in [0.2, 0.25) is 0 Å². The molecule has 0 radical (unpaired) electrons. The summed E-state index contributed by atoms with van der Waals surface area (Å²) in [5.74, 6) is -0.516. The first-order valence-corrected chi connectivity index (χ1v) is 7.69. The molecule has 3 rings (SSSR count). The molecule has 0 saturated carbocycles. The molecule has 8 heteroatoms. The Hall–Kier alpha value is -3.29. The number of hydrogen-bond donors (Lipinski definition) is 0. The minimum atomic E-state index is -4.80. The Bertz CT molecular complexity index is 993. The van der Waals surface area contributed by atoms with Gasteiger partial charge in [-0.05, 0) is 42.0 Å². The summed E-state index contributed by atoms with van der Waals surface area (Å²) in [5, 5.41) is 0. The predicted molar refractivity (Wildman–Crippen MR) is 90.7 cm³/mol. The second-order valence-corrected chi connectivity index (χ2v) is 5.51. The predicted octanol–water partition coefficient (Wildman–Crippen LogP) is 4.55. The maximum absolute atomic E-state index is 13.2. The van der Waals surface area contributed by atoms with E-state index in [4.69, 9.17) is 4.74 Å². The molecule has 0 aliphatic carbocycles. The quantitative estimate of drug-likeness (QED) is 0.625. The molecule has 0 aliphatic rings. The highest BCUT2D eigenvalue weighted by atomic mass is 19.4. The molecular formula is C19H13F4NO3. The summed E-state index contributed by atoms with van der Waals surface area (Å²) >= 11 is 0. The normalized spacial score (nSPS) is 11.3. The minimum absolute atomic E-state index is 0.292. The van der Waals surface area contributed by atoms with Gasteiger partial charge in [-0.1, -0.05) is 12.1 Å². The van der Waals surface area contributed by atoms with Crippen LogP contribution in [0.15, 0.2) is 65.6 Å². The van der Waals surface area contributed by atoms with Crippen molar-refractivity contribution in [2.45, 2.75) is 6.36 Å². The van der Waals surface area contributed by atoms with Crippen LogP contribution in [-0.4, -0.2) is 18.0 Å². The highest BCUT2D eigenvalue weighted by Crippen LogP contribution is 2.30. The minimum Gasteiger partial charge on any atom is -0.496 e. The first-order valence-electron chi connectivity index (χ1n) is 7.69. The van der Waals surface area contributed by atoms with Gasteiger partial charge in [0.15, 0.2) is 0 Å². The maximum atomic E-state index is 13.2. The number of benzene rings is 2. The molecule has 0 saturated heterocycles. The molecule has 1 aromatic heterocycles. The highest BCUT2D eigenvalue weighted by Gasteiger charge is 2.31. The number of pyridine rings is 1. The first-order chi connectivity index (χ1) is 12.8. The molecule has 0 spiro atoms. The Labute approximate surface area is 151 Å². The van der Waals surface area contributed by atoms with E-state index >= 15 is 0 Å². The van der Waals surface area contributed by atoms with E-state index in [1.165, 1.54) is 60.3 Å². The summed E-state index contributed by atoms with van der Waals surface area (Å²) in [7, 11) is 1.40. The van der Waals surface area contributed by atoms with Gasteiger partial charge in [-0.15, -0.1) is 13.2 Å². The Morgan fingerprint density at radius 1 is 0.963 bits per heavy atom. The molecule has 0 N–H and O–H groups in total. The van der Waals surface area contributed by atoms with E-state index in [-0.39, 0.29) is 0 Å². The van der Waals surface area contributed by atoms with Crippen LogP contribution in [-0.2, 0) is 0 Å². The lowest BCUT2D eigenvalue weighted by Gasteiger charge is -2.14. The van der Waals surface area contributed by atoms with E-state index in [0.717, 1.165) is 12.1 Å². The third-order valence-corrected chi connectivity index (χ3v) is 3.74. The van der Waals surface area contributed by atoms with Crippen molar-refractivity contribution in [2.24, 2.45) is 0 Å². The molecule has 0 unspecified atom stereocenters. The largest absolute Gasteiger partial charge is 0.573 e. The second kappa shape index (κ2) is 7.14. The fourth-order valence-electron chi connectivity index (χ4n) is 2.54. The van der Waals surface area contributed by atoms with Gasteiger partial charge in [-0.3, -0.25) is 9.36 Å². The smallest absolute Gasteiger partial charge is 0.496 e. The molecule has 140 valence electrons. The van der Waals surface area contributed by atoms with Crippen molar-refractivity contribution in [1.82, 2.24) is 4.57 Å². The number of aromatic nitrogens is 1. The lowest BCUT2D eigenvalue weighted by Crippen LogP contribution is -2.18. The molecule has 4 nitrogen and oxygen atoms in total. The van der Waals surface area contributed by atoms with Gasteiger partial charge < -0.3 is 9.47 Å². The maximum Gasteiger partial charge on any atom is 0.573 e. The van der Waals surface area contributed by atoms with Crippen molar-refractivity contribution < 1.29 is 27.0 Å². The van der Waals surface area contributed by atoms with Gasteiger partial charge >= 0.3 is 6.36 Å². The Morgan fingerprint density at radius 3 is 2.15 bits per heavy atom. The molecule has 0 fully saturated rings. The van der Waals surface area contributed by atoms with Crippen LogP contribution < -0.4 is 15.0 Å². The van der Waals surface area contributed by atoms with Crippen molar-refractivity contribution >= 4 is 0 Å². The van der Waals surface area contributed by atoms with Crippen LogP contribution in [0.4, 0.5) is 17.6 Å². The van der Waals surface area contributed by atoms with Crippen molar-refractivity contribution in [3.05, 3.63) is 77.0 Å². The molecule has 3 aromatic rings. The van der Waals surface area contributed by atoms with Gasteiger partial charge in [-0.25, -0.2) is 4.39 Å². The van der Waals surface area contributed by atoms with Gasteiger partial charge in [-0.2, -0.15) is 0 Å². The molecule has 1 heterocycles. The summed E-state index contributed by atoms with van der Waals surface area (Å²) in [6.45, 7) is 0. The van der Waals surface area contributed by atoms with E-state index in [1.54, 1.807) is 0 Å². The number of nitrogens with zero attached hydrogens (tertiary/aromatic N) is 1. The zero-order valence-corrected chi connectivity index (χ0v) is 14.0. The van der Waals surface area contributed by atoms with Crippen molar-refractivity contribution in [3.63, 3.8) is 0 Å². The topological polar surface area (TPSA) is 40.5 Å². The monoisotopic (exact) mass is 379 g/mol. The summed E-state index contributed by atoms with van der Waals surface area (Å²) in [6.07, 6.45) is -3.32. The van der Waals surface area contributed by atoms with Gasteiger partial charge in [0.25, 0.3) is 5.56 Å². The SMILES string of the molecule is COc1cc(=O)n(-c2ccc(OC(F)(F)F)cc2)cc1-c1ccc(F)cc1. The molecule has 0 amide bonds. The van der Waals surface area contributed by atoms with Crippen LogP contribution in [0, 0.1) is 5.82 Å². The lowest BCUT2D eigenvalue weighted by atomic mass is 10.1. The molecule has 0 atom stereocenters. The van der Waals surface area contributed by atoms with Crippen LogP contribution in [0.25, 0.3) is 16.8 Å². The van der Waals surface area contributed by atoms with E-state index in [9.17, 15) is 22.4 Å². The third kappa shape index (κ3) is 4.28. The molecule has 0 aliphatic heterocycles. The molecular weight excluding hydrogens is 366 g/mol. The summed E-state index contributed by atoms with van der Waals surface area (Å²) < 4.78 is 60.3. The van der Waals surface area contributed by atoms with Crippen LogP contribution in [0.5, 0.6) is 11.5 Å². The summed E-state index contributed by atoms with van der Waals surface area (Å²) in [4.78, 5) is 12.4. The lowest BCUT2D eigenvalue weighted by molar-refractivity contribution is -0.274. The van der Waals surface area contributed by atoms with E-state index in [2.05, 4.69) is 4.74 Å². The van der Waals surface area contributed by atoms with Crippen LogP contribution in [0.2, 0.25) is 0 Å². The molecule has 2 aromatic carbocycles. The molecule has 27 heavy (non-hydrogen) atoms. The van der Waals surface area contributed by atoms with Crippen molar-refractivity contribution in [2.75, 3.05) is 7.11 Å². The second-order valence-electron chi connectivity index (χ2n) is 5.51. The van der Waals surface area contributed by atoms with Gasteiger partial charge in [0, 0.05) is 23.5 Å². The van der Waals surface area contributed by atoms with Gasteiger partial charge in [0.05, 0.1) is 7.11 Å². The first kappa shape index (κ1) is 18.5. The fourth-order valence-corrected chi connectivity index (χ4v) is 2.54. The fraction of sp³-hybridized carbons (Fsp3) is 0.105. The number of ether oxygens (including phenoxy) is 2. The van der Waals surface area contributed by atoms with Crippen LogP contribution in [0.3, 0.4) is 0 Å².